The largest absolute Gasteiger partial charge is 0.355 e. The molecule has 0 aliphatic carbocycles. The monoisotopic (exact) mass is 289 g/mol. The predicted octanol–water partition coefficient (Wildman–Crippen LogP) is 2.07. The van der Waals surface area contributed by atoms with Gasteiger partial charge in [-0.15, -0.1) is 0 Å². The van der Waals surface area contributed by atoms with Crippen molar-refractivity contribution in [1.82, 2.24) is 10.3 Å². The van der Waals surface area contributed by atoms with Gasteiger partial charge < -0.3 is 10.6 Å². The number of nitrogens with zero attached hydrogens (tertiary/aromatic N) is 1. The maximum atomic E-state index is 12.1. The number of carbonyl (C=O) groups excluding carboxylic acids is 2. The van der Waals surface area contributed by atoms with E-state index in [1.54, 1.807) is 0 Å². The van der Waals surface area contributed by atoms with Crippen molar-refractivity contribution < 1.29 is 9.59 Å². The zero-order valence-corrected chi connectivity index (χ0v) is 11.9. The molecule has 6 heteroatoms. The number of aryl methyl sites for hydroxylation is 1. The third kappa shape index (κ3) is 2.51. The highest BCUT2D eigenvalue weighted by Gasteiger charge is 2.25. The van der Waals surface area contributed by atoms with Crippen LogP contribution in [0, 0.1) is 12.8 Å². The molecule has 1 aromatic heterocycles. The molecule has 2 amide bonds. The maximum absolute atomic E-state index is 12.1. The summed E-state index contributed by atoms with van der Waals surface area (Å²) in [4.78, 5) is 27.7. The lowest BCUT2D eigenvalue weighted by Crippen LogP contribution is -2.40. The van der Waals surface area contributed by atoms with Crippen LogP contribution in [0.25, 0.3) is 10.2 Å². The van der Waals surface area contributed by atoms with Gasteiger partial charge in [0.15, 0.2) is 5.13 Å². The van der Waals surface area contributed by atoms with E-state index in [1.807, 2.05) is 25.1 Å². The maximum Gasteiger partial charge on any atom is 0.231 e. The fourth-order valence-corrected chi connectivity index (χ4v) is 3.25. The number of carbonyl (C=O) groups is 2. The Morgan fingerprint density at radius 1 is 1.50 bits per heavy atom. The van der Waals surface area contributed by atoms with Gasteiger partial charge in [0.05, 0.1) is 16.1 Å². The summed E-state index contributed by atoms with van der Waals surface area (Å²) >= 11 is 1.47. The SMILES string of the molecule is Cc1cccc2sc(NC(=O)[C@H]3CCC(=O)NC3)nc12. The molecule has 1 aromatic carbocycles. The van der Waals surface area contributed by atoms with Gasteiger partial charge in [-0.25, -0.2) is 4.98 Å². The number of thiazole rings is 1. The minimum absolute atomic E-state index is 0.0182. The quantitative estimate of drug-likeness (QED) is 0.889. The number of amides is 2. The number of aromatic nitrogens is 1. The standard InChI is InChI=1S/C14H15N3O2S/c1-8-3-2-4-10-12(8)16-14(20-10)17-13(19)9-5-6-11(18)15-7-9/h2-4,9H,5-7H2,1H3,(H,15,18)(H,16,17,19)/t9-/m0/s1. The summed E-state index contributed by atoms with van der Waals surface area (Å²) in [5.74, 6) is -0.216. The van der Waals surface area contributed by atoms with E-state index in [1.165, 1.54) is 11.3 Å². The summed E-state index contributed by atoms with van der Waals surface area (Å²) in [6.45, 7) is 2.42. The highest BCUT2D eigenvalue weighted by atomic mass is 32.1. The molecule has 5 nitrogen and oxygen atoms in total. The molecule has 2 heterocycles. The van der Waals surface area contributed by atoms with Crippen LogP contribution >= 0.6 is 11.3 Å². The molecule has 0 spiro atoms. The number of hydrogen-bond acceptors (Lipinski definition) is 4. The van der Waals surface area contributed by atoms with E-state index in [4.69, 9.17) is 0 Å². The molecule has 0 radical (unpaired) electrons. The van der Waals surface area contributed by atoms with Crippen molar-refractivity contribution in [2.75, 3.05) is 11.9 Å². The molecule has 0 unspecified atom stereocenters. The Kier molecular flexibility index (Phi) is 3.40. The predicted molar refractivity (Wildman–Crippen MR) is 78.7 cm³/mol. The summed E-state index contributed by atoms with van der Waals surface area (Å²) in [5, 5.41) is 6.20. The first-order chi connectivity index (χ1) is 9.63. The van der Waals surface area contributed by atoms with E-state index < -0.39 is 0 Å². The summed E-state index contributed by atoms with van der Waals surface area (Å²) in [6.07, 6.45) is 1.01. The molecule has 1 saturated heterocycles. The minimum Gasteiger partial charge on any atom is -0.355 e. The van der Waals surface area contributed by atoms with Gasteiger partial charge in [0.25, 0.3) is 0 Å². The number of piperidine rings is 1. The van der Waals surface area contributed by atoms with Gasteiger partial charge in [-0.3, -0.25) is 9.59 Å². The van der Waals surface area contributed by atoms with Crippen LogP contribution in [0.1, 0.15) is 18.4 Å². The van der Waals surface area contributed by atoms with Crippen LogP contribution < -0.4 is 10.6 Å². The van der Waals surface area contributed by atoms with Crippen LogP contribution in [-0.2, 0) is 9.59 Å². The third-order valence-corrected chi connectivity index (χ3v) is 4.42. The third-order valence-electron chi connectivity index (χ3n) is 3.49. The van der Waals surface area contributed by atoms with Crippen LogP contribution in [0.3, 0.4) is 0 Å². The fourth-order valence-electron chi connectivity index (χ4n) is 2.30. The molecule has 1 atom stereocenters. The second-order valence-corrected chi connectivity index (χ2v) is 6.00. The number of para-hydroxylation sites is 1. The number of fused-ring (bicyclic) bond motifs is 1. The smallest absolute Gasteiger partial charge is 0.231 e. The molecule has 0 saturated carbocycles. The number of anilines is 1. The summed E-state index contributed by atoms with van der Waals surface area (Å²) in [5.41, 5.74) is 2.04. The summed E-state index contributed by atoms with van der Waals surface area (Å²) in [7, 11) is 0. The van der Waals surface area contributed by atoms with Crippen molar-refractivity contribution in [2.24, 2.45) is 5.92 Å². The number of nitrogens with one attached hydrogen (secondary N) is 2. The van der Waals surface area contributed by atoms with Crippen molar-refractivity contribution in [3.63, 3.8) is 0 Å². The van der Waals surface area contributed by atoms with E-state index in [9.17, 15) is 9.59 Å². The topological polar surface area (TPSA) is 71.1 Å². The molecule has 0 bridgehead atoms. The second kappa shape index (κ2) is 5.20. The molecule has 3 rings (SSSR count). The van der Waals surface area contributed by atoms with Crippen LogP contribution in [0.5, 0.6) is 0 Å². The first-order valence-electron chi connectivity index (χ1n) is 6.57. The molecule has 20 heavy (non-hydrogen) atoms. The Hall–Kier alpha value is -1.95. The molecule has 1 aliphatic rings. The molecule has 1 fully saturated rings. The van der Waals surface area contributed by atoms with Crippen molar-refractivity contribution in [3.05, 3.63) is 23.8 Å². The van der Waals surface area contributed by atoms with E-state index >= 15 is 0 Å². The normalized spacial score (nSPS) is 18.9. The Bertz CT molecular complexity index is 670. The minimum atomic E-state index is -0.166. The molecule has 104 valence electrons. The lowest BCUT2D eigenvalue weighted by Gasteiger charge is -2.20. The number of benzene rings is 1. The van der Waals surface area contributed by atoms with E-state index in [0.29, 0.717) is 24.5 Å². The molecule has 2 aromatic rings. The van der Waals surface area contributed by atoms with Crippen molar-refractivity contribution in [1.29, 1.82) is 0 Å². The molecule has 2 N–H and O–H groups in total. The van der Waals surface area contributed by atoms with E-state index in [0.717, 1.165) is 15.8 Å². The van der Waals surface area contributed by atoms with E-state index in [-0.39, 0.29) is 17.7 Å². The highest BCUT2D eigenvalue weighted by Crippen LogP contribution is 2.28. The van der Waals surface area contributed by atoms with Gasteiger partial charge in [-0.2, -0.15) is 0 Å². The summed E-state index contributed by atoms with van der Waals surface area (Å²) < 4.78 is 1.07. The second-order valence-electron chi connectivity index (χ2n) is 4.97. The number of hydrogen-bond donors (Lipinski definition) is 2. The zero-order valence-electron chi connectivity index (χ0n) is 11.1. The number of rotatable bonds is 2. The van der Waals surface area contributed by atoms with Crippen LogP contribution in [-0.4, -0.2) is 23.3 Å². The average Bonchev–Trinajstić information content (AvgIpc) is 2.83. The van der Waals surface area contributed by atoms with Crippen molar-refractivity contribution in [2.45, 2.75) is 19.8 Å². The highest BCUT2D eigenvalue weighted by molar-refractivity contribution is 7.22. The summed E-state index contributed by atoms with van der Waals surface area (Å²) in [6, 6.07) is 5.99. The van der Waals surface area contributed by atoms with Gasteiger partial charge in [0, 0.05) is 13.0 Å². The van der Waals surface area contributed by atoms with Crippen LogP contribution in [0.15, 0.2) is 18.2 Å². The Morgan fingerprint density at radius 3 is 3.05 bits per heavy atom. The van der Waals surface area contributed by atoms with Crippen LogP contribution in [0.2, 0.25) is 0 Å². The average molecular weight is 289 g/mol. The lowest BCUT2D eigenvalue weighted by atomic mass is 9.98. The molecular formula is C14H15N3O2S. The Balaban J connectivity index is 1.74. The van der Waals surface area contributed by atoms with Crippen molar-refractivity contribution in [3.8, 4) is 0 Å². The molecular weight excluding hydrogens is 274 g/mol. The van der Waals surface area contributed by atoms with Crippen LogP contribution in [0.4, 0.5) is 5.13 Å². The Labute approximate surface area is 120 Å². The van der Waals surface area contributed by atoms with Gasteiger partial charge in [0.1, 0.15) is 0 Å². The van der Waals surface area contributed by atoms with E-state index in [2.05, 4.69) is 15.6 Å². The fraction of sp³-hybridized carbons (Fsp3) is 0.357. The first kappa shape index (κ1) is 13.1. The van der Waals surface area contributed by atoms with Gasteiger partial charge in [-0.1, -0.05) is 23.5 Å². The first-order valence-corrected chi connectivity index (χ1v) is 7.39. The van der Waals surface area contributed by atoms with Gasteiger partial charge in [-0.05, 0) is 25.0 Å². The Morgan fingerprint density at radius 2 is 2.35 bits per heavy atom. The van der Waals surface area contributed by atoms with Crippen molar-refractivity contribution >= 4 is 38.5 Å². The molecule has 1 aliphatic heterocycles. The zero-order chi connectivity index (χ0) is 14.1. The van der Waals surface area contributed by atoms with Gasteiger partial charge >= 0.3 is 0 Å². The van der Waals surface area contributed by atoms with Gasteiger partial charge in [0.2, 0.25) is 11.8 Å². The lowest BCUT2D eigenvalue weighted by molar-refractivity contribution is -0.126.